The third-order valence-corrected chi connectivity index (χ3v) is 4.23. The maximum absolute atomic E-state index is 12.0. The molecule has 0 spiro atoms. The lowest BCUT2D eigenvalue weighted by atomic mass is 10.3. The minimum absolute atomic E-state index is 0.00466. The monoisotopic (exact) mass is 266 g/mol. The average Bonchev–Trinajstić information content (AvgIpc) is 2.88. The van der Waals surface area contributed by atoms with Gasteiger partial charge < -0.3 is 9.64 Å². The highest BCUT2D eigenvalue weighted by Crippen LogP contribution is 2.30. The number of carbonyl (C=O) groups is 1. The Morgan fingerprint density at radius 3 is 3.11 bits per heavy atom. The van der Waals surface area contributed by atoms with Crippen LogP contribution >= 0.6 is 11.3 Å². The van der Waals surface area contributed by atoms with Gasteiger partial charge in [0.15, 0.2) is 0 Å². The van der Waals surface area contributed by atoms with E-state index in [0.717, 1.165) is 37.0 Å². The predicted octanol–water partition coefficient (Wildman–Crippen LogP) is 2.78. The Kier molecular flexibility index (Phi) is 3.52. The van der Waals surface area contributed by atoms with E-state index in [1.807, 2.05) is 22.4 Å². The van der Waals surface area contributed by atoms with E-state index in [0.29, 0.717) is 0 Å². The molecule has 0 aromatic carbocycles. The van der Waals surface area contributed by atoms with Crippen LogP contribution in [0.5, 0.6) is 0 Å². The number of urea groups is 1. The Bertz CT molecular complexity index is 403. The normalized spacial score (nSPS) is 23.3. The average molecular weight is 266 g/mol. The summed E-state index contributed by atoms with van der Waals surface area (Å²) in [6.45, 7) is 2.40. The molecule has 2 aliphatic rings. The van der Waals surface area contributed by atoms with Gasteiger partial charge in [-0.15, -0.1) is 11.3 Å². The second-order valence-corrected chi connectivity index (χ2v) is 5.99. The summed E-state index contributed by atoms with van der Waals surface area (Å²) in [6, 6.07) is 3.85. The van der Waals surface area contributed by atoms with Crippen LogP contribution in [0.2, 0.25) is 0 Å². The van der Waals surface area contributed by atoms with Crippen molar-refractivity contribution in [2.45, 2.75) is 25.4 Å². The maximum Gasteiger partial charge on any atom is 0.322 e. The van der Waals surface area contributed by atoms with E-state index in [1.165, 1.54) is 12.8 Å². The first-order chi connectivity index (χ1) is 8.81. The van der Waals surface area contributed by atoms with Crippen molar-refractivity contribution >= 4 is 22.4 Å². The summed E-state index contributed by atoms with van der Waals surface area (Å²) in [5, 5.41) is 5.78. The standard InChI is InChI=1S/C13H18N2O2S/c16-13(14-12-2-1-7-18-12)15-6-5-11(8-15)17-9-10-3-4-10/h1-2,7,10-11H,3-6,8-9H2,(H,14,16). The molecule has 4 nitrogen and oxygen atoms in total. The minimum Gasteiger partial charge on any atom is -0.376 e. The molecular weight excluding hydrogens is 248 g/mol. The largest absolute Gasteiger partial charge is 0.376 e. The fourth-order valence-electron chi connectivity index (χ4n) is 2.14. The van der Waals surface area contributed by atoms with Crippen LogP contribution in [0.1, 0.15) is 19.3 Å². The zero-order valence-corrected chi connectivity index (χ0v) is 11.1. The highest BCUT2D eigenvalue weighted by molar-refractivity contribution is 7.14. The molecule has 2 heterocycles. The first-order valence-corrected chi connectivity index (χ1v) is 7.40. The number of ether oxygens (including phenoxy) is 1. The molecule has 1 aromatic heterocycles. The van der Waals surface area contributed by atoms with Crippen LogP contribution in [0.4, 0.5) is 9.80 Å². The van der Waals surface area contributed by atoms with E-state index in [9.17, 15) is 4.79 Å². The highest BCUT2D eigenvalue weighted by Gasteiger charge is 2.29. The third kappa shape index (κ3) is 3.03. The van der Waals surface area contributed by atoms with Gasteiger partial charge in [0.2, 0.25) is 0 Å². The summed E-state index contributed by atoms with van der Waals surface area (Å²) < 4.78 is 5.82. The summed E-state index contributed by atoms with van der Waals surface area (Å²) in [5.41, 5.74) is 0. The van der Waals surface area contributed by atoms with Crippen LogP contribution in [-0.4, -0.2) is 36.7 Å². The Balaban J connectivity index is 1.44. The van der Waals surface area contributed by atoms with Crippen molar-refractivity contribution in [1.82, 2.24) is 4.90 Å². The van der Waals surface area contributed by atoms with Crippen LogP contribution < -0.4 is 5.32 Å². The van der Waals surface area contributed by atoms with Crippen molar-refractivity contribution in [2.75, 3.05) is 25.0 Å². The predicted molar refractivity (Wildman–Crippen MR) is 72.0 cm³/mol. The number of rotatable bonds is 4. The van der Waals surface area contributed by atoms with E-state index in [-0.39, 0.29) is 12.1 Å². The van der Waals surface area contributed by atoms with E-state index < -0.39 is 0 Å². The van der Waals surface area contributed by atoms with Gasteiger partial charge in [0, 0.05) is 19.7 Å². The molecule has 1 aliphatic carbocycles. The summed E-state index contributed by atoms with van der Waals surface area (Å²) in [7, 11) is 0. The van der Waals surface area contributed by atoms with E-state index in [4.69, 9.17) is 4.74 Å². The first kappa shape index (κ1) is 12.0. The van der Waals surface area contributed by atoms with Crippen molar-refractivity contribution < 1.29 is 9.53 Å². The van der Waals surface area contributed by atoms with Crippen LogP contribution in [0.15, 0.2) is 17.5 Å². The van der Waals surface area contributed by atoms with Gasteiger partial charge in [-0.2, -0.15) is 0 Å². The number of likely N-dealkylation sites (tertiary alicyclic amines) is 1. The van der Waals surface area contributed by atoms with Gasteiger partial charge in [-0.3, -0.25) is 5.32 Å². The van der Waals surface area contributed by atoms with Gasteiger partial charge in [-0.05, 0) is 42.7 Å². The van der Waals surface area contributed by atoms with Crippen LogP contribution in [0.3, 0.4) is 0 Å². The third-order valence-electron chi connectivity index (χ3n) is 3.45. The van der Waals surface area contributed by atoms with Crippen LogP contribution in [0, 0.1) is 5.92 Å². The van der Waals surface area contributed by atoms with Crippen molar-refractivity contribution in [1.29, 1.82) is 0 Å². The second kappa shape index (κ2) is 5.28. The van der Waals surface area contributed by atoms with E-state index in [2.05, 4.69) is 5.32 Å². The van der Waals surface area contributed by atoms with Crippen molar-refractivity contribution in [3.8, 4) is 0 Å². The molecule has 0 bridgehead atoms. The Hall–Kier alpha value is -1.07. The molecule has 98 valence electrons. The van der Waals surface area contributed by atoms with Crippen LogP contribution in [-0.2, 0) is 4.74 Å². The van der Waals surface area contributed by atoms with Crippen molar-refractivity contribution in [3.05, 3.63) is 17.5 Å². The molecule has 1 aliphatic heterocycles. The van der Waals surface area contributed by atoms with Crippen LogP contribution in [0.25, 0.3) is 0 Å². The Morgan fingerprint density at radius 2 is 2.39 bits per heavy atom. The number of hydrogen-bond acceptors (Lipinski definition) is 3. The highest BCUT2D eigenvalue weighted by atomic mass is 32.1. The topological polar surface area (TPSA) is 41.6 Å². The van der Waals surface area contributed by atoms with Gasteiger partial charge in [0.1, 0.15) is 0 Å². The maximum atomic E-state index is 12.0. The number of nitrogens with one attached hydrogen (secondary N) is 1. The molecule has 2 amide bonds. The summed E-state index contributed by atoms with van der Waals surface area (Å²) in [5.74, 6) is 0.791. The molecule has 0 radical (unpaired) electrons. The van der Waals surface area contributed by atoms with Gasteiger partial charge in [-0.25, -0.2) is 4.79 Å². The molecule has 1 unspecified atom stereocenters. The number of thiophene rings is 1. The van der Waals surface area contributed by atoms with Crippen molar-refractivity contribution in [3.63, 3.8) is 0 Å². The van der Waals surface area contributed by atoms with Gasteiger partial charge >= 0.3 is 6.03 Å². The minimum atomic E-state index is -0.00466. The Labute approximate surface area is 111 Å². The molecule has 1 saturated carbocycles. The zero-order chi connectivity index (χ0) is 12.4. The Morgan fingerprint density at radius 1 is 1.50 bits per heavy atom. The summed E-state index contributed by atoms with van der Waals surface area (Å²) >= 11 is 1.54. The quantitative estimate of drug-likeness (QED) is 0.910. The van der Waals surface area contributed by atoms with Gasteiger partial charge in [-0.1, -0.05) is 0 Å². The first-order valence-electron chi connectivity index (χ1n) is 6.52. The van der Waals surface area contributed by atoms with Gasteiger partial charge in [0.05, 0.1) is 11.1 Å². The summed E-state index contributed by atoms with van der Waals surface area (Å²) in [6.07, 6.45) is 3.83. The lowest BCUT2D eigenvalue weighted by Gasteiger charge is -2.16. The lowest BCUT2D eigenvalue weighted by Crippen LogP contribution is -2.33. The number of amides is 2. The lowest BCUT2D eigenvalue weighted by molar-refractivity contribution is 0.0543. The molecule has 18 heavy (non-hydrogen) atoms. The fraction of sp³-hybridized carbons (Fsp3) is 0.615. The molecule has 5 heteroatoms. The molecule has 1 aromatic rings. The number of nitrogens with zero attached hydrogens (tertiary/aromatic N) is 1. The summed E-state index contributed by atoms with van der Waals surface area (Å²) in [4.78, 5) is 13.8. The molecular formula is C13H18N2O2S. The molecule has 1 saturated heterocycles. The molecule has 3 rings (SSSR count). The van der Waals surface area contributed by atoms with Crippen molar-refractivity contribution in [2.24, 2.45) is 5.92 Å². The number of anilines is 1. The fourth-order valence-corrected chi connectivity index (χ4v) is 2.75. The molecule has 1 N–H and O–H groups in total. The second-order valence-electron chi connectivity index (χ2n) is 5.04. The number of hydrogen-bond donors (Lipinski definition) is 1. The van der Waals surface area contributed by atoms with E-state index >= 15 is 0 Å². The smallest absolute Gasteiger partial charge is 0.322 e. The number of carbonyl (C=O) groups excluding carboxylic acids is 1. The molecule has 2 fully saturated rings. The SMILES string of the molecule is O=C(Nc1cccs1)N1CCC(OCC2CC2)C1. The van der Waals surface area contributed by atoms with Gasteiger partial charge in [0.25, 0.3) is 0 Å². The zero-order valence-electron chi connectivity index (χ0n) is 10.3. The van der Waals surface area contributed by atoms with E-state index in [1.54, 1.807) is 11.3 Å². The molecule has 1 atom stereocenters.